The number of hydrogen-bond acceptors (Lipinski definition) is 1. The van der Waals surface area contributed by atoms with E-state index in [-0.39, 0.29) is 0 Å². The van der Waals surface area contributed by atoms with Gasteiger partial charge in [-0.25, -0.2) is 4.98 Å². The van der Waals surface area contributed by atoms with Gasteiger partial charge in [-0.2, -0.15) is 0 Å². The summed E-state index contributed by atoms with van der Waals surface area (Å²) < 4.78 is 0. The van der Waals surface area contributed by atoms with Crippen molar-refractivity contribution in [2.45, 2.75) is 12.8 Å². The van der Waals surface area contributed by atoms with Gasteiger partial charge in [0, 0.05) is 24.2 Å². The molecule has 0 aromatic carbocycles. The van der Waals surface area contributed by atoms with Crippen LogP contribution in [0.2, 0.25) is 0 Å². The first-order valence-electron chi connectivity index (χ1n) is 4.26. The number of H-pyrrole nitrogens is 1. The molecule has 2 heterocycles. The molecule has 2 aromatic heterocycles. The number of pyridine rings is 1. The molecule has 0 aliphatic heterocycles. The average molecular weight is 170 g/mol. The van der Waals surface area contributed by atoms with E-state index in [0.717, 1.165) is 18.5 Å². The van der Waals surface area contributed by atoms with E-state index in [1.807, 2.05) is 12.3 Å². The van der Waals surface area contributed by atoms with Crippen LogP contribution >= 0.6 is 0 Å². The SMILES string of the molecule is C#CCCc1c[nH]c2ncccc12. The molecule has 2 heteroatoms. The van der Waals surface area contributed by atoms with E-state index in [1.54, 1.807) is 6.20 Å². The van der Waals surface area contributed by atoms with Gasteiger partial charge in [0.05, 0.1) is 0 Å². The third-order valence-electron chi connectivity index (χ3n) is 2.08. The van der Waals surface area contributed by atoms with Crippen LogP contribution in [-0.2, 0) is 6.42 Å². The van der Waals surface area contributed by atoms with Gasteiger partial charge >= 0.3 is 0 Å². The first kappa shape index (κ1) is 7.88. The lowest BCUT2D eigenvalue weighted by Gasteiger charge is -1.92. The van der Waals surface area contributed by atoms with Crippen LogP contribution in [0.25, 0.3) is 11.0 Å². The van der Waals surface area contributed by atoms with Crippen LogP contribution < -0.4 is 0 Å². The molecule has 13 heavy (non-hydrogen) atoms. The Bertz CT molecular complexity index is 448. The lowest BCUT2D eigenvalue weighted by molar-refractivity contribution is 1.04. The highest BCUT2D eigenvalue weighted by Gasteiger charge is 2.01. The molecule has 2 rings (SSSR count). The minimum atomic E-state index is 0.780. The highest BCUT2D eigenvalue weighted by molar-refractivity contribution is 5.79. The number of rotatable bonds is 2. The second-order valence-electron chi connectivity index (χ2n) is 2.92. The van der Waals surface area contributed by atoms with Gasteiger partial charge in [0.1, 0.15) is 5.65 Å². The number of terminal acetylenes is 1. The van der Waals surface area contributed by atoms with Crippen LogP contribution in [0.3, 0.4) is 0 Å². The zero-order valence-corrected chi connectivity index (χ0v) is 7.25. The van der Waals surface area contributed by atoms with E-state index in [0.29, 0.717) is 0 Å². The molecule has 0 saturated heterocycles. The number of fused-ring (bicyclic) bond motifs is 1. The maximum Gasteiger partial charge on any atom is 0.137 e. The Morgan fingerprint density at radius 3 is 3.31 bits per heavy atom. The van der Waals surface area contributed by atoms with Gasteiger partial charge in [0.15, 0.2) is 0 Å². The Labute approximate surface area is 77.0 Å². The smallest absolute Gasteiger partial charge is 0.137 e. The predicted octanol–water partition coefficient (Wildman–Crippen LogP) is 2.13. The molecule has 0 amide bonds. The molecule has 0 atom stereocenters. The lowest BCUT2D eigenvalue weighted by Crippen LogP contribution is -1.80. The van der Waals surface area contributed by atoms with Gasteiger partial charge in [-0.1, -0.05) is 0 Å². The Kier molecular flexibility index (Phi) is 2.01. The molecular weight excluding hydrogens is 160 g/mol. The van der Waals surface area contributed by atoms with Crippen LogP contribution in [0.4, 0.5) is 0 Å². The maximum absolute atomic E-state index is 5.21. The number of aryl methyl sites for hydroxylation is 1. The largest absolute Gasteiger partial charge is 0.346 e. The van der Waals surface area contributed by atoms with Gasteiger partial charge in [-0.05, 0) is 24.1 Å². The summed E-state index contributed by atoms with van der Waals surface area (Å²) in [5.74, 6) is 2.64. The molecule has 0 radical (unpaired) electrons. The molecule has 0 bridgehead atoms. The minimum absolute atomic E-state index is 0.780. The van der Waals surface area contributed by atoms with Crippen molar-refractivity contribution in [3.8, 4) is 12.3 Å². The van der Waals surface area contributed by atoms with E-state index in [9.17, 15) is 0 Å². The fraction of sp³-hybridized carbons (Fsp3) is 0.182. The second-order valence-corrected chi connectivity index (χ2v) is 2.92. The van der Waals surface area contributed by atoms with Crippen molar-refractivity contribution in [3.63, 3.8) is 0 Å². The number of hydrogen-bond donors (Lipinski definition) is 1. The summed E-state index contributed by atoms with van der Waals surface area (Å²) in [5, 5.41) is 1.18. The van der Waals surface area contributed by atoms with Crippen molar-refractivity contribution in [2.75, 3.05) is 0 Å². The van der Waals surface area contributed by atoms with Crippen LogP contribution in [0.1, 0.15) is 12.0 Å². The predicted molar refractivity (Wildman–Crippen MR) is 53.2 cm³/mol. The summed E-state index contributed by atoms with van der Waals surface area (Å²) >= 11 is 0. The molecule has 0 saturated carbocycles. The van der Waals surface area contributed by atoms with E-state index in [2.05, 4.69) is 22.0 Å². The summed E-state index contributed by atoms with van der Waals surface area (Å²) in [4.78, 5) is 7.32. The Balaban J connectivity index is 2.41. The molecule has 64 valence electrons. The highest BCUT2D eigenvalue weighted by Crippen LogP contribution is 2.16. The van der Waals surface area contributed by atoms with Crippen molar-refractivity contribution >= 4 is 11.0 Å². The normalized spacial score (nSPS) is 10.1. The van der Waals surface area contributed by atoms with Crippen molar-refractivity contribution in [3.05, 3.63) is 30.1 Å². The summed E-state index contributed by atoms with van der Waals surface area (Å²) in [7, 11) is 0. The molecule has 0 spiro atoms. The Morgan fingerprint density at radius 1 is 1.54 bits per heavy atom. The first-order valence-corrected chi connectivity index (χ1v) is 4.26. The molecule has 1 N–H and O–H groups in total. The van der Waals surface area contributed by atoms with Crippen molar-refractivity contribution in [1.82, 2.24) is 9.97 Å². The minimum Gasteiger partial charge on any atom is -0.346 e. The Hall–Kier alpha value is -1.75. The average Bonchev–Trinajstić information content (AvgIpc) is 2.58. The van der Waals surface area contributed by atoms with Crippen molar-refractivity contribution < 1.29 is 0 Å². The lowest BCUT2D eigenvalue weighted by atomic mass is 10.1. The quantitative estimate of drug-likeness (QED) is 0.687. The highest BCUT2D eigenvalue weighted by atomic mass is 14.8. The molecule has 0 unspecified atom stereocenters. The number of aromatic amines is 1. The molecular formula is C11H10N2. The summed E-state index contributed by atoms with van der Waals surface area (Å²) in [6.45, 7) is 0. The zero-order chi connectivity index (χ0) is 9.10. The fourth-order valence-corrected chi connectivity index (χ4v) is 1.43. The maximum atomic E-state index is 5.21. The third-order valence-corrected chi connectivity index (χ3v) is 2.08. The first-order chi connectivity index (χ1) is 6.42. The van der Waals surface area contributed by atoms with E-state index in [4.69, 9.17) is 6.42 Å². The van der Waals surface area contributed by atoms with E-state index >= 15 is 0 Å². The van der Waals surface area contributed by atoms with Crippen LogP contribution in [-0.4, -0.2) is 9.97 Å². The molecule has 0 aliphatic rings. The Morgan fingerprint density at radius 2 is 2.46 bits per heavy atom. The van der Waals surface area contributed by atoms with Gasteiger partial charge < -0.3 is 4.98 Å². The van der Waals surface area contributed by atoms with Gasteiger partial charge in [0.25, 0.3) is 0 Å². The van der Waals surface area contributed by atoms with Gasteiger partial charge in [-0.3, -0.25) is 0 Å². The van der Waals surface area contributed by atoms with E-state index in [1.165, 1.54) is 10.9 Å². The zero-order valence-electron chi connectivity index (χ0n) is 7.25. The van der Waals surface area contributed by atoms with Crippen LogP contribution in [0, 0.1) is 12.3 Å². The summed E-state index contributed by atoms with van der Waals surface area (Å²) in [6.07, 6.45) is 10.7. The van der Waals surface area contributed by atoms with Gasteiger partial charge in [-0.15, -0.1) is 12.3 Å². The number of nitrogens with zero attached hydrogens (tertiary/aromatic N) is 1. The standard InChI is InChI=1S/C11H10N2/c1-2-3-5-9-8-13-11-10(9)6-4-7-12-11/h1,4,6-8H,3,5H2,(H,12,13). The number of aromatic nitrogens is 2. The molecule has 2 aromatic rings. The summed E-state index contributed by atoms with van der Waals surface area (Å²) in [6, 6.07) is 4.00. The fourth-order valence-electron chi connectivity index (χ4n) is 1.43. The van der Waals surface area contributed by atoms with Crippen molar-refractivity contribution in [2.24, 2.45) is 0 Å². The molecule has 0 aliphatic carbocycles. The topological polar surface area (TPSA) is 28.7 Å². The van der Waals surface area contributed by atoms with Crippen LogP contribution in [0.5, 0.6) is 0 Å². The monoisotopic (exact) mass is 170 g/mol. The van der Waals surface area contributed by atoms with E-state index < -0.39 is 0 Å². The van der Waals surface area contributed by atoms with Crippen molar-refractivity contribution in [1.29, 1.82) is 0 Å². The van der Waals surface area contributed by atoms with Crippen LogP contribution in [0.15, 0.2) is 24.5 Å². The molecule has 2 nitrogen and oxygen atoms in total. The summed E-state index contributed by atoms with van der Waals surface area (Å²) in [5.41, 5.74) is 2.19. The third kappa shape index (κ3) is 1.41. The second kappa shape index (κ2) is 3.32. The molecule has 0 fully saturated rings. The van der Waals surface area contributed by atoms with Gasteiger partial charge in [0.2, 0.25) is 0 Å². The number of nitrogens with one attached hydrogen (secondary N) is 1.